The molecule has 0 radical (unpaired) electrons. The van der Waals surface area contributed by atoms with Crippen molar-refractivity contribution in [2.75, 3.05) is 19.6 Å². The van der Waals surface area contributed by atoms with Gasteiger partial charge in [0.25, 0.3) is 0 Å². The van der Waals surface area contributed by atoms with Gasteiger partial charge in [-0.15, -0.1) is 0 Å². The Balaban J connectivity index is 1.75. The zero-order valence-corrected chi connectivity index (χ0v) is 13.9. The molecule has 2 amide bonds. The van der Waals surface area contributed by atoms with Crippen LogP contribution >= 0.6 is 23.2 Å². The summed E-state index contributed by atoms with van der Waals surface area (Å²) in [5.74, 6) is -0.0348. The number of hydrogen-bond acceptors (Lipinski definition) is 2. The van der Waals surface area contributed by atoms with E-state index in [-0.39, 0.29) is 18.4 Å². The number of nitrogens with zero attached hydrogens (tertiary/aromatic N) is 1. The number of benzene rings is 1. The summed E-state index contributed by atoms with van der Waals surface area (Å²) in [6.07, 6.45) is 4.19. The number of carbonyl (C=O) groups excluding carboxylic acids is 2. The van der Waals surface area contributed by atoms with Crippen molar-refractivity contribution in [1.29, 1.82) is 0 Å². The molecule has 0 aromatic heterocycles. The minimum absolute atomic E-state index is 0.0807. The first-order valence-electron chi connectivity index (χ1n) is 7.54. The molecule has 0 atom stereocenters. The lowest BCUT2D eigenvalue weighted by Gasteiger charge is -2.19. The van der Waals surface area contributed by atoms with E-state index in [1.807, 2.05) is 6.07 Å². The van der Waals surface area contributed by atoms with Crippen molar-refractivity contribution >= 4 is 35.0 Å². The van der Waals surface area contributed by atoms with Crippen LogP contribution in [0.1, 0.15) is 31.2 Å². The molecule has 1 saturated heterocycles. The summed E-state index contributed by atoms with van der Waals surface area (Å²) >= 11 is 11.8. The second-order valence-corrected chi connectivity index (χ2v) is 6.29. The summed E-state index contributed by atoms with van der Waals surface area (Å²) in [5, 5.41) is 3.88. The third kappa shape index (κ3) is 5.18. The number of halogens is 2. The van der Waals surface area contributed by atoms with E-state index < -0.39 is 0 Å². The van der Waals surface area contributed by atoms with Gasteiger partial charge in [-0.1, -0.05) is 35.7 Å². The SMILES string of the molecule is O=C(CN1CCCCCC1=O)NCCc1ccc(Cl)c(Cl)c1. The summed E-state index contributed by atoms with van der Waals surface area (Å²) in [5.41, 5.74) is 1.01. The van der Waals surface area contributed by atoms with Gasteiger partial charge in [0.05, 0.1) is 16.6 Å². The van der Waals surface area contributed by atoms with Crippen LogP contribution in [0.5, 0.6) is 0 Å². The van der Waals surface area contributed by atoms with Gasteiger partial charge in [0.1, 0.15) is 0 Å². The molecular formula is C16H20Cl2N2O2. The molecule has 22 heavy (non-hydrogen) atoms. The molecule has 4 nitrogen and oxygen atoms in total. The maximum Gasteiger partial charge on any atom is 0.239 e. The highest BCUT2D eigenvalue weighted by molar-refractivity contribution is 6.42. The van der Waals surface area contributed by atoms with Crippen LogP contribution in [0.4, 0.5) is 0 Å². The molecule has 6 heteroatoms. The Morgan fingerprint density at radius 2 is 2.00 bits per heavy atom. The van der Waals surface area contributed by atoms with E-state index in [2.05, 4.69) is 5.32 Å². The number of nitrogens with one attached hydrogen (secondary N) is 1. The Morgan fingerprint density at radius 3 is 2.77 bits per heavy atom. The largest absolute Gasteiger partial charge is 0.354 e. The van der Waals surface area contributed by atoms with Gasteiger partial charge in [-0.05, 0) is 37.0 Å². The Kier molecular flexibility index (Phi) is 6.52. The molecule has 0 spiro atoms. The fourth-order valence-electron chi connectivity index (χ4n) is 2.48. The highest BCUT2D eigenvalue weighted by atomic mass is 35.5. The van der Waals surface area contributed by atoms with Crippen LogP contribution in [0.15, 0.2) is 18.2 Å². The second kappa shape index (κ2) is 8.39. The highest BCUT2D eigenvalue weighted by Gasteiger charge is 2.18. The van der Waals surface area contributed by atoms with E-state index in [0.29, 0.717) is 36.0 Å². The van der Waals surface area contributed by atoms with Crippen LogP contribution in [0.25, 0.3) is 0 Å². The van der Waals surface area contributed by atoms with Crippen molar-refractivity contribution in [3.8, 4) is 0 Å². The van der Waals surface area contributed by atoms with E-state index in [1.54, 1.807) is 17.0 Å². The van der Waals surface area contributed by atoms with Crippen molar-refractivity contribution in [3.63, 3.8) is 0 Å². The number of hydrogen-bond donors (Lipinski definition) is 1. The third-order valence-electron chi connectivity index (χ3n) is 3.73. The fraction of sp³-hybridized carbons (Fsp3) is 0.500. The van der Waals surface area contributed by atoms with Crippen molar-refractivity contribution in [1.82, 2.24) is 10.2 Å². The molecule has 1 fully saturated rings. The molecule has 0 bridgehead atoms. The summed E-state index contributed by atoms with van der Waals surface area (Å²) < 4.78 is 0. The zero-order valence-electron chi connectivity index (χ0n) is 12.4. The molecule has 1 aromatic carbocycles. The minimum atomic E-state index is -0.115. The Bertz CT molecular complexity index is 549. The van der Waals surface area contributed by atoms with E-state index in [4.69, 9.17) is 23.2 Å². The first-order valence-corrected chi connectivity index (χ1v) is 8.30. The molecule has 1 aliphatic heterocycles. The molecule has 0 aliphatic carbocycles. The first-order chi connectivity index (χ1) is 10.6. The molecule has 1 N–H and O–H groups in total. The summed E-state index contributed by atoms with van der Waals surface area (Å²) in [4.78, 5) is 25.4. The monoisotopic (exact) mass is 342 g/mol. The molecule has 1 aliphatic rings. The van der Waals surface area contributed by atoms with Crippen molar-refractivity contribution in [2.24, 2.45) is 0 Å². The summed E-state index contributed by atoms with van der Waals surface area (Å²) in [7, 11) is 0. The Labute approximate surface area is 140 Å². The standard InChI is InChI=1S/C16H20Cl2N2O2/c17-13-6-5-12(10-14(13)18)7-8-19-15(21)11-20-9-3-1-2-4-16(20)22/h5-6,10H,1-4,7-9,11H2,(H,19,21). The van der Waals surface area contributed by atoms with Gasteiger partial charge in [-0.2, -0.15) is 0 Å². The van der Waals surface area contributed by atoms with Crippen LogP contribution in [0, 0.1) is 0 Å². The molecular weight excluding hydrogens is 323 g/mol. The molecule has 0 saturated carbocycles. The van der Waals surface area contributed by atoms with Gasteiger partial charge in [0.15, 0.2) is 0 Å². The fourth-order valence-corrected chi connectivity index (χ4v) is 2.80. The maximum atomic E-state index is 11.9. The second-order valence-electron chi connectivity index (χ2n) is 5.47. The first kappa shape index (κ1) is 17.1. The highest BCUT2D eigenvalue weighted by Crippen LogP contribution is 2.22. The molecule has 2 rings (SSSR count). The van der Waals surface area contributed by atoms with E-state index in [0.717, 1.165) is 24.8 Å². The average molecular weight is 343 g/mol. The lowest BCUT2D eigenvalue weighted by Crippen LogP contribution is -2.41. The van der Waals surface area contributed by atoms with Gasteiger partial charge in [-0.3, -0.25) is 9.59 Å². The van der Waals surface area contributed by atoms with Crippen LogP contribution in [0.2, 0.25) is 10.0 Å². The smallest absolute Gasteiger partial charge is 0.239 e. The molecule has 120 valence electrons. The number of amides is 2. The maximum absolute atomic E-state index is 11.9. The van der Waals surface area contributed by atoms with Crippen molar-refractivity contribution < 1.29 is 9.59 Å². The minimum Gasteiger partial charge on any atom is -0.354 e. The van der Waals surface area contributed by atoms with E-state index in [1.165, 1.54) is 0 Å². The molecule has 0 unspecified atom stereocenters. The van der Waals surface area contributed by atoms with Gasteiger partial charge >= 0.3 is 0 Å². The van der Waals surface area contributed by atoms with Crippen molar-refractivity contribution in [3.05, 3.63) is 33.8 Å². The lowest BCUT2D eigenvalue weighted by molar-refractivity contribution is -0.135. The number of rotatable bonds is 5. The van der Waals surface area contributed by atoms with Gasteiger partial charge in [0, 0.05) is 19.5 Å². The number of carbonyl (C=O) groups is 2. The topological polar surface area (TPSA) is 49.4 Å². The molecule has 1 heterocycles. The van der Waals surface area contributed by atoms with Gasteiger partial charge in [-0.25, -0.2) is 0 Å². The van der Waals surface area contributed by atoms with Crippen molar-refractivity contribution in [2.45, 2.75) is 32.1 Å². The van der Waals surface area contributed by atoms with Gasteiger partial charge < -0.3 is 10.2 Å². The third-order valence-corrected chi connectivity index (χ3v) is 4.46. The Morgan fingerprint density at radius 1 is 1.18 bits per heavy atom. The normalized spacial score (nSPS) is 15.5. The van der Waals surface area contributed by atoms with Crippen LogP contribution in [-0.2, 0) is 16.0 Å². The number of likely N-dealkylation sites (tertiary alicyclic amines) is 1. The Hall–Kier alpha value is -1.26. The van der Waals surface area contributed by atoms with E-state index >= 15 is 0 Å². The quantitative estimate of drug-likeness (QED) is 0.893. The van der Waals surface area contributed by atoms with Gasteiger partial charge in [0.2, 0.25) is 11.8 Å². The lowest BCUT2D eigenvalue weighted by atomic mass is 10.1. The average Bonchev–Trinajstić information content (AvgIpc) is 2.68. The zero-order chi connectivity index (χ0) is 15.9. The summed E-state index contributed by atoms with van der Waals surface area (Å²) in [6, 6.07) is 5.43. The van der Waals surface area contributed by atoms with Crippen LogP contribution in [0.3, 0.4) is 0 Å². The molecule has 1 aromatic rings. The predicted octanol–water partition coefficient (Wildman–Crippen LogP) is 3.05. The predicted molar refractivity (Wildman–Crippen MR) is 88.2 cm³/mol. The summed E-state index contributed by atoms with van der Waals surface area (Å²) in [6.45, 7) is 1.35. The van der Waals surface area contributed by atoms with E-state index in [9.17, 15) is 9.59 Å². The van der Waals surface area contributed by atoms with Crippen LogP contribution in [-0.4, -0.2) is 36.3 Å². The van der Waals surface area contributed by atoms with Crippen LogP contribution < -0.4 is 5.32 Å².